The molecule has 0 radical (unpaired) electrons. The number of amides is 1. The van der Waals surface area contributed by atoms with Crippen LogP contribution in [0.1, 0.15) is 21.2 Å². The minimum atomic E-state index is -0.260. The molecule has 1 amide bonds. The Morgan fingerprint density at radius 1 is 1.45 bits per heavy atom. The van der Waals surface area contributed by atoms with Gasteiger partial charge in [-0.1, -0.05) is 11.2 Å². The first-order valence-corrected chi connectivity index (χ1v) is 7.68. The maximum absolute atomic E-state index is 12.0. The summed E-state index contributed by atoms with van der Waals surface area (Å²) in [6.45, 7) is 2.32. The molecule has 3 aromatic rings. The van der Waals surface area contributed by atoms with E-state index in [0.717, 1.165) is 15.6 Å². The second kappa shape index (κ2) is 5.56. The number of thiophene rings is 1. The van der Waals surface area contributed by atoms with Crippen LogP contribution < -0.4 is 5.32 Å². The fraction of sp³-hybridized carbons (Fsp3) is 0.154. The Hall–Kier alpha value is -1.99. The predicted molar refractivity (Wildman–Crippen MR) is 77.8 cm³/mol. The van der Waals surface area contributed by atoms with E-state index >= 15 is 0 Å². The second-order valence-electron chi connectivity index (χ2n) is 4.12. The van der Waals surface area contributed by atoms with Crippen molar-refractivity contribution in [2.45, 2.75) is 13.5 Å². The molecule has 0 atom stereocenters. The Morgan fingerprint density at radius 3 is 3.05 bits per heavy atom. The summed E-state index contributed by atoms with van der Waals surface area (Å²) < 4.78 is 5.17. The van der Waals surface area contributed by atoms with Crippen LogP contribution in [0.2, 0.25) is 0 Å². The maximum Gasteiger partial charge on any atom is 0.273 e. The quantitative estimate of drug-likeness (QED) is 0.804. The second-order valence-corrected chi connectivity index (χ2v) is 6.01. The molecule has 0 fully saturated rings. The lowest BCUT2D eigenvalue weighted by atomic mass is 10.3. The van der Waals surface area contributed by atoms with E-state index in [9.17, 15) is 4.79 Å². The number of aryl methyl sites for hydroxylation is 1. The van der Waals surface area contributed by atoms with Crippen LogP contribution in [0.15, 0.2) is 33.5 Å². The van der Waals surface area contributed by atoms with Gasteiger partial charge in [0.25, 0.3) is 5.91 Å². The van der Waals surface area contributed by atoms with Crippen LogP contribution in [0.4, 0.5) is 0 Å². The van der Waals surface area contributed by atoms with Crippen molar-refractivity contribution >= 4 is 28.6 Å². The summed E-state index contributed by atoms with van der Waals surface area (Å²) in [6, 6.07) is 5.49. The Labute approximate surface area is 123 Å². The molecule has 102 valence electrons. The molecule has 3 heterocycles. The number of aromatic nitrogens is 2. The van der Waals surface area contributed by atoms with Crippen molar-refractivity contribution in [1.29, 1.82) is 0 Å². The van der Waals surface area contributed by atoms with Crippen LogP contribution in [0, 0.1) is 6.92 Å². The largest absolute Gasteiger partial charge is 0.355 e. The molecule has 0 aliphatic heterocycles. The number of thiazole rings is 1. The van der Waals surface area contributed by atoms with Gasteiger partial charge in [0.2, 0.25) is 0 Å². The topological polar surface area (TPSA) is 68.0 Å². The highest BCUT2D eigenvalue weighted by molar-refractivity contribution is 7.13. The van der Waals surface area contributed by atoms with E-state index in [1.54, 1.807) is 17.4 Å². The highest BCUT2D eigenvalue weighted by atomic mass is 32.1. The Bertz CT molecular complexity index is 716. The normalized spacial score (nSPS) is 10.7. The molecule has 3 aromatic heterocycles. The molecule has 20 heavy (non-hydrogen) atoms. The average molecular weight is 305 g/mol. The van der Waals surface area contributed by atoms with Crippen molar-refractivity contribution in [2.24, 2.45) is 0 Å². The third-order valence-electron chi connectivity index (χ3n) is 2.57. The van der Waals surface area contributed by atoms with Crippen LogP contribution in [0.3, 0.4) is 0 Å². The zero-order chi connectivity index (χ0) is 13.9. The number of nitrogens with one attached hydrogen (secondary N) is 1. The van der Waals surface area contributed by atoms with Crippen molar-refractivity contribution < 1.29 is 9.32 Å². The van der Waals surface area contributed by atoms with E-state index in [0.29, 0.717) is 12.3 Å². The fourth-order valence-electron chi connectivity index (χ4n) is 1.65. The Morgan fingerprint density at radius 2 is 2.35 bits per heavy atom. The smallest absolute Gasteiger partial charge is 0.273 e. The minimum absolute atomic E-state index is 0.260. The first-order valence-electron chi connectivity index (χ1n) is 5.92. The standard InChI is InChI=1S/C13H11N3O2S2/c1-8-7-20-12(15-8)6-14-13(17)9-5-10(18-16-9)11-3-2-4-19-11/h2-5,7H,6H2,1H3,(H,14,17). The molecule has 0 aliphatic rings. The zero-order valence-corrected chi connectivity index (χ0v) is 12.3. The lowest BCUT2D eigenvalue weighted by Crippen LogP contribution is -2.22. The zero-order valence-electron chi connectivity index (χ0n) is 10.6. The summed E-state index contributed by atoms with van der Waals surface area (Å²) in [5, 5.41) is 11.3. The van der Waals surface area contributed by atoms with Gasteiger partial charge in [-0.2, -0.15) is 0 Å². The molecule has 0 spiro atoms. The number of carbonyl (C=O) groups is 1. The molecular weight excluding hydrogens is 294 g/mol. The van der Waals surface area contributed by atoms with Gasteiger partial charge >= 0.3 is 0 Å². The van der Waals surface area contributed by atoms with Crippen LogP contribution in [0.5, 0.6) is 0 Å². The van der Waals surface area contributed by atoms with Gasteiger partial charge in [0.15, 0.2) is 11.5 Å². The van der Waals surface area contributed by atoms with E-state index in [2.05, 4.69) is 15.5 Å². The first kappa shape index (κ1) is 13.0. The fourth-order valence-corrected chi connectivity index (χ4v) is 3.03. The van der Waals surface area contributed by atoms with Crippen molar-refractivity contribution in [3.63, 3.8) is 0 Å². The summed E-state index contributed by atoms with van der Waals surface area (Å²) >= 11 is 3.06. The maximum atomic E-state index is 12.0. The SMILES string of the molecule is Cc1csc(CNC(=O)c2cc(-c3cccs3)on2)n1. The third-order valence-corrected chi connectivity index (χ3v) is 4.42. The molecule has 0 saturated heterocycles. The van der Waals surface area contributed by atoms with Crippen molar-refractivity contribution in [3.8, 4) is 10.6 Å². The molecule has 1 N–H and O–H groups in total. The predicted octanol–water partition coefficient (Wildman–Crippen LogP) is 3.10. The summed E-state index contributed by atoms with van der Waals surface area (Å²) in [5.74, 6) is 0.347. The van der Waals surface area contributed by atoms with Gasteiger partial charge in [0.05, 0.1) is 11.4 Å². The van der Waals surface area contributed by atoms with E-state index in [1.165, 1.54) is 11.3 Å². The summed E-state index contributed by atoms with van der Waals surface area (Å²) in [5.41, 5.74) is 1.24. The van der Waals surface area contributed by atoms with Crippen molar-refractivity contribution in [1.82, 2.24) is 15.5 Å². The number of hydrogen-bond acceptors (Lipinski definition) is 6. The third kappa shape index (κ3) is 2.78. The van der Waals surface area contributed by atoms with Gasteiger partial charge in [-0.15, -0.1) is 22.7 Å². The molecular formula is C13H11N3O2S2. The molecule has 0 bridgehead atoms. The van der Waals surface area contributed by atoms with Crippen LogP contribution >= 0.6 is 22.7 Å². The highest BCUT2D eigenvalue weighted by Gasteiger charge is 2.14. The monoisotopic (exact) mass is 305 g/mol. The van der Waals surface area contributed by atoms with Gasteiger partial charge < -0.3 is 9.84 Å². The molecule has 0 aromatic carbocycles. The lowest BCUT2D eigenvalue weighted by molar-refractivity contribution is 0.0942. The lowest BCUT2D eigenvalue weighted by Gasteiger charge is -1.98. The van der Waals surface area contributed by atoms with Gasteiger partial charge in [-0.3, -0.25) is 4.79 Å². The molecule has 7 heteroatoms. The van der Waals surface area contributed by atoms with Gasteiger partial charge in [-0.05, 0) is 18.4 Å². The van der Waals surface area contributed by atoms with E-state index in [4.69, 9.17) is 4.52 Å². The van der Waals surface area contributed by atoms with Gasteiger partial charge in [0, 0.05) is 17.1 Å². The average Bonchev–Trinajstić information content (AvgIpc) is 3.16. The van der Waals surface area contributed by atoms with Gasteiger partial charge in [0.1, 0.15) is 5.01 Å². The molecule has 0 unspecified atom stereocenters. The van der Waals surface area contributed by atoms with E-state index in [1.807, 2.05) is 29.8 Å². The number of nitrogens with zero attached hydrogens (tertiary/aromatic N) is 2. The molecule has 5 nitrogen and oxygen atoms in total. The first-order chi connectivity index (χ1) is 9.72. The number of carbonyl (C=O) groups excluding carboxylic acids is 1. The molecule has 3 rings (SSSR count). The van der Waals surface area contributed by atoms with E-state index in [-0.39, 0.29) is 11.6 Å². The van der Waals surface area contributed by atoms with Crippen LogP contribution in [-0.2, 0) is 6.54 Å². The molecule has 0 aliphatic carbocycles. The summed E-state index contributed by atoms with van der Waals surface area (Å²) in [4.78, 5) is 17.2. The number of rotatable bonds is 4. The summed E-state index contributed by atoms with van der Waals surface area (Å²) in [6.07, 6.45) is 0. The van der Waals surface area contributed by atoms with Crippen molar-refractivity contribution in [3.05, 3.63) is 45.4 Å². The Kier molecular flexibility index (Phi) is 3.62. The Balaban J connectivity index is 1.65. The highest BCUT2D eigenvalue weighted by Crippen LogP contribution is 2.25. The summed E-state index contributed by atoms with van der Waals surface area (Å²) in [7, 11) is 0. The van der Waals surface area contributed by atoms with Gasteiger partial charge in [-0.25, -0.2) is 4.98 Å². The van der Waals surface area contributed by atoms with E-state index < -0.39 is 0 Å². The van der Waals surface area contributed by atoms with Crippen molar-refractivity contribution in [2.75, 3.05) is 0 Å². The van der Waals surface area contributed by atoms with Crippen LogP contribution in [-0.4, -0.2) is 16.0 Å². The van der Waals surface area contributed by atoms with Crippen LogP contribution in [0.25, 0.3) is 10.6 Å². The number of hydrogen-bond donors (Lipinski definition) is 1. The molecule has 0 saturated carbocycles. The minimum Gasteiger partial charge on any atom is -0.355 e.